The molecule has 1 aromatic carbocycles. The number of fused-ring (bicyclic) bond motifs is 1. The van der Waals surface area contributed by atoms with Crippen LogP contribution >= 0.6 is 11.3 Å². The standard InChI is InChI=1S/C21H22N4O2S/c26-20(5-6-21(27)24-11-7-19-17(15-24)8-12-28-19)23-18-4-1-3-16(13-18)14-25-10-2-9-22-25/h1-4,8-10,12-13H,5-7,11,14-15H2,(H,23,26). The lowest BCUT2D eigenvalue weighted by Gasteiger charge is -2.27. The highest BCUT2D eigenvalue weighted by Crippen LogP contribution is 2.24. The van der Waals surface area contributed by atoms with Crippen LogP contribution in [0.3, 0.4) is 0 Å². The van der Waals surface area contributed by atoms with Crippen molar-refractivity contribution in [2.45, 2.75) is 32.4 Å². The lowest BCUT2D eigenvalue weighted by molar-refractivity contribution is -0.133. The van der Waals surface area contributed by atoms with Gasteiger partial charge in [0.1, 0.15) is 0 Å². The van der Waals surface area contributed by atoms with Crippen molar-refractivity contribution in [3.05, 3.63) is 70.2 Å². The molecule has 1 N–H and O–H groups in total. The zero-order valence-corrected chi connectivity index (χ0v) is 16.3. The zero-order chi connectivity index (χ0) is 19.3. The minimum Gasteiger partial charge on any atom is -0.338 e. The summed E-state index contributed by atoms with van der Waals surface area (Å²) in [5, 5.41) is 9.16. The summed E-state index contributed by atoms with van der Waals surface area (Å²) in [5.41, 5.74) is 3.03. The fourth-order valence-electron chi connectivity index (χ4n) is 3.39. The van der Waals surface area contributed by atoms with Crippen molar-refractivity contribution in [1.82, 2.24) is 14.7 Å². The van der Waals surface area contributed by atoms with E-state index < -0.39 is 0 Å². The van der Waals surface area contributed by atoms with Crippen LogP contribution < -0.4 is 5.32 Å². The highest BCUT2D eigenvalue weighted by molar-refractivity contribution is 7.10. The number of carbonyl (C=O) groups excluding carboxylic acids is 2. The quantitative estimate of drug-likeness (QED) is 0.698. The summed E-state index contributed by atoms with van der Waals surface area (Å²) in [5.74, 6) is -0.0998. The van der Waals surface area contributed by atoms with Gasteiger partial charge in [-0.1, -0.05) is 12.1 Å². The first-order chi connectivity index (χ1) is 13.7. The van der Waals surface area contributed by atoms with E-state index in [9.17, 15) is 9.59 Å². The van der Waals surface area contributed by atoms with E-state index in [0.717, 1.165) is 24.2 Å². The van der Waals surface area contributed by atoms with E-state index in [1.165, 1.54) is 10.4 Å². The number of aromatic nitrogens is 2. The summed E-state index contributed by atoms with van der Waals surface area (Å²) in [6.45, 7) is 2.05. The molecule has 0 spiro atoms. The molecule has 0 unspecified atom stereocenters. The van der Waals surface area contributed by atoms with Gasteiger partial charge in [-0.2, -0.15) is 5.10 Å². The molecular weight excluding hydrogens is 372 g/mol. The van der Waals surface area contributed by atoms with Gasteiger partial charge in [-0.05, 0) is 47.2 Å². The van der Waals surface area contributed by atoms with Gasteiger partial charge in [0.05, 0.1) is 6.54 Å². The third-order valence-corrected chi connectivity index (χ3v) is 5.86. The fraction of sp³-hybridized carbons (Fsp3) is 0.286. The maximum Gasteiger partial charge on any atom is 0.224 e. The third-order valence-electron chi connectivity index (χ3n) is 4.84. The highest BCUT2D eigenvalue weighted by atomic mass is 32.1. The fourth-order valence-corrected chi connectivity index (χ4v) is 4.28. The van der Waals surface area contributed by atoms with Gasteiger partial charge in [0.2, 0.25) is 11.8 Å². The minimum absolute atomic E-state index is 0.0411. The molecule has 2 amide bonds. The lowest BCUT2D eigenvalue weighted by atomic mass is 10.1. The van der Waals surface area contributed by atoms with E-state index in [2.05, 4.69) is 21.9 Å². The molecule has 1 aliphatic heterocycles. The molecule has 4 rings (SSSR count). The van der Waals surface area contributed by atoms with Gasteiger partial charge in [0, 0.05) is 48.9 Å². The second kappa shape index (κ2) is 8.39. The van der Waals surface area contributed by atoms with Crippen LogP contribution in [0.2, 0.25) is 0 Å². The Balaban J connectivity index is 1.27. The van der Waals surface area contributed by atoms with Gasteiger partial charge in [-0.3, -0.25) is 14.3 Å². The van der Waals surface area contributed by atoms with Crippen molar-refractivity contribution in [3.8, 4) is 0 Å². The topological polar surface area (TPSA) is 67.2 Å². The van der Waals surface area contributed by atoms with Crippen LogP contribution in [0.25, 0.3) is 0 Å². The zero-order valence-electron chi connectivity index (χ0n) is 15.5. The SMILES string of the molecule is O=C(CCC(=O)N1CCc2sccc2C1)Nc1cccc(Cn2cccn2)c1. The summed E-state index contributed by atoms with van der Waals surface area (Å²) >= 11 is 1.75. The molecule has 0 saturated carbocycles. The summed E-state index contributed by atoms with van der Waals surface area (Å²) in [6.07, 6.45) is 4.97. The molecule has 0 aliphatic carbocycles. The van der Waals surface area contributed by atoms with Crippen molar-refractivity contribution in [1.29, 1.82) is 0 Å². The number of hydrogen-bond acceptors (Lipinski definition) is 4. The predicted molar refractivity (Wildman–Crippen MR) is 109 cm³/mol. The van der Waals surface area contributed by atoms with Gasteiger partial charge in [-0.25, -0.2) is 0 Å². The average molecular weight is 395 g/mol. The van der Waals surface area contributed by atoms with Crippen LogP contribution in [0.1, 0.15) is 28.8 Å². The number of thiophene rings is 1. The van der Waals surface area contributed by atoms with Crippen molar-refractivity contribution in [2.75, 3.05) is 11.9 Å². The number of benzene rings is 1. The summed E-state index contributed by atoms with van der Waals surface area (Å²) < 4.78 is 1.83. The molecule has 144 valence electrons. The first-order valence-electron chi connectivity index (χ1n) is 9.36. The molecule has 0 bridgehead atoms. The Kier molecular flexibility index (Phi) is 5.53. The maximum atomic E-state index is 12.5. The van der Waals surface area contributed by atoms with E-state index in [-0.39, 0.29) is 24.7 Å². The van der Waals surface area contributed by atoms with E-state index >= 15 is 0 Å². The molecule has 6 nitrogen and oxygen atoms in total. The first kappa shape index (κ1) is 18.4. The van der Waals surface area contributed by atoms with Gasteiger partial charge in [-0.15, -0.1) is 11.3 Å². The predicted octanol–water partition coefficient (Wildman–Crippen LogP) is 3.30. The second-order valence-corrected chi connectivity index (χ2v) is 7.89. The molecule has 0 fully saturated rings. The Bertz CT molecular complexity index is 964. The van der Waals surface area contributed by atoms with Crippen LogP contribution in [0.5, 0.6) is 0 Å². The van der Waals surface area contributed by atoms with Crippen molar-refractivity contribution < 1.29 is 9.59 Å². The molecule has 0 atom stereocenters. The minimum atomic E-state index is -0.141. The monoisotopic (exact) mass is 394 g/mol. The Morgan fingerprint density at radius 3 is 2.96 bits per heavy atom. The number of nitrogens with zero attached hydrogens (tertiary/aromatic N) is 3. The maximum absolute atomic E-state index is 12.5. The van der Waals surface area contributed by atoms with Gasteiger partial charge >= 0.3 is 0 Å². The molecule has 28 heavy (non-hydrogen) atoms. The van der Waals surface area contributed by atoms with Crippen molar-refractivity contribution in [3.63, 3.8) is 0 Å². The Labute approximate surface area is 167 Å². The number of anilines is 1. The summed E-state index contributed by atoms with van der Waals surface area (Å²) in [6, 6.07) is 11.7. The normalized spacial score (nSPS) is 13.2. The van der Waals surface area contributed by atoms with Crippen LogP contribution in [-0.4, -0.2) is 33.0 Å². The van der Waals surface area contributed by atoms with E-state index in [0.29, 0.717) is 13.1 Å². The first-order valence-corrected chi connectivity index (χ1v) is 10.2. The van der Waals surface area contributed by atoms with Crippen LogP contribution in [0.4, 0.5) is 5.69 Å². The van der Waals surface area contributed by atoms with Crippen molar-refractivity contribution >= 4 is 28.8 Å². The van der Waals surface area contributed by atoms with Crippen LogP contribution in [-0.2, 0) is 29.1 Å². The van der Waals surface area contributed by atoms with Crippen LogP contribution in [0.15, 0.2) is 54.2 Å². The third kappa shape index (κ3) is 4.48. The average Bonchev–Trinajstić information content (AvgIpc) is 3.37. The molecule has 2 aromatic heterocycles. The number of nitrogens with one attached hydrogen (secondary N) is 1. The van der Waals surface area contributed by atoms with E-state index in [1.807, 2.05) is 46.1 Å². The Morgan fingerprint density at radius 2 is 2.11 bits per heavy atom. The molecular formula is C21H22N4O2S. The molecule has 7 heteroatoms. The number of hydrogen-bond donors (Lipinski definition) is 1. The summed E-state index contributed by atoms with van der Waals surface area (Å²) in [4.78, 5) is 28.0. The van der Waals surface area contributed by atoms with Gasteiger partial charge in [0.15, 0.2) is 0 Å². The molecule has 3 heterocycles. The lowest BCUT2D eigenvalue weighted by Crippen LogP contribution is -2.35. The molecule has 3 aromatic rings. The Hall–Kier alpha value is -2.93. The summed E-state index contributed by atoms with van der Waals surface area (Å²) in [7, 11) is 0. The van der Waals surface area contributed by atoms with E-state index in [4.69, 9.17) is 0 Å². The van der Waals surface area contributed by atoms with Crippen molar-refractivity contribution in [2.24, 2.45) is 0 Å². The largest absolute Gasteiger partial charge is 0.338 e. The van der Waals surface area contributed by atoms with E-state index in [1.54, 1.807) is 17.5 Å². The molecule has 0 radical (unpaired) electrons. The van der Waals surface area contributed by atoms with Gasteiger partial charge in [0.25, 0.3) is 0 Å². The second-order valence-electron chi connectivity index (χ2n) is 6.89. The number of carbonyl (C=O) groups is 2. The number of rotatable bonds is 6. The number of amides is 2. The molecule has 0 saturated heterocycles. The Morgan fingerprint density at radius 1 is 1.18 bits per heavy atom. The molecule has 1 aliphatic rings. The highest BCUT2D eigenvalue weighted by Gasteiger charge is 2.21. The van der Waals surface area contributed by atoms with Crippen LogP contribution in [0, 0.1) is 0 Å². The van der Waals surface area contributed by atoms with Gasteiger partial charge < -0.3 is 10.2 Å². The smallest absolute Gasteiger partial charge is 0.224 e.